The van der Waals surface area contributed by atoms with Crippen molar-refractivity contribution < 1.29 is 18.2 Å². The third-order valence-electron chi connectivity index (χ3n) is 1.72. The van der Waals surface area contributed by atoms with E-state index in [1.807, 2.05) is 0 Å². The van der Waals surface area contributed by atoms with E-state index >= 15 is 0 Å². The molecule has 0 spiro atoms. The summed E-state index contributed by atoms with van der Waals surface area (Å²) in [5.74, 6) is 0. The van der Waals surface area contributed by atoms with E-state index in [0.29, 0.717) is 5.46 Å². The quantitative estimate of drug-likeness (QED) is 0.694. The molecule has 0 aromatic heterocycles. The summed E-state index contributed by atoms with van der Waals surface area (Å²) < 4.78 is 36.2. The Morgan fingerprint density at radius 2 is 1.53 bits per heavy atom. The van der Waals surface area contributed by atoms with Gasteiger partial charge in [-0.2, -0.15) is 13.2 Å². The third-order valence-corrected chi connectivity index (χ3v) is 1.72. The van der Waals surface area contributed by atoms with Gasteiger partial charge in [0.05, 0.1) is 5.56 Å². The Hall–Kier alpha value is -1.01. The van der Waals surface area contributed by atoms with Crippen LogP contribution in [0.2, 0.25) is 6.82 Å². The number of benzene rings is 1. The highest BCUT2D eigenvalue weighted by atomic mass is 19.4. The molecule has 15 heavy (non-hydrogen) atoms. The second-order valence-corrected chi connectivity index (χ2v) is 2.80. The fourth-order valence-corrected chi connectivity index (χ4v) is 0.951. The average Bonchev–Trinajstić information content (AvgIpc) is 2.20. The van der Waals surface area contributed by atoms with Gasteiger partial charge in [-0.1, -0.05) is 31.1 Å². The number of alkyl halides is 3. The van der Waals surface area contributed by atoms with Gasteiger partial charge in [-0.3, -0.25) is 0 Å². The van der Waals surface area contributed by atoms with Crippen molar-refractivity contribution in [1.29, 1.82) is 0 Å². The molecule has 0 saturated heterocycles. The molecule has 0 radical (unpaired) electrons. The Labute approximate surface area is 87.0 Å². The molecule has 2 nitrogen and oxygen atoms in total. The lowest BCUT2D eigenvalue weighted by Crippen LogP contribution is -2.26. The normalized spacial score (nSPS) is 10.3. The van der Waals surface area contributed by atoms with E-state index in [4.69, 9.17) is 5.02 Å². The van der Waals surface area contributed by atoms with Gasteiger partial charge in [0.25, 0.3) is 0 Å². The summed E-state index contributed by atoms with van der Waals surface area (Å²) in [5, 5.41) is 9.04. The lowest BCUT2D eigenvalue weighted by atomic mass is 9.64. The Balaban J connectivity index is 0.000000921. The summed E-state index contributed by atoms with van der Waals surface area (Å²) in [4.78, 5) is 0. The smallest absolute Gasteiger partial charge is 0.416 e. The van der Waals surface area contributed by atoms with Crippen LogP contribution in [-0.4, -0.2) is 19.0 Å². The Kier molecular flexibility index (Phi) is 5.39. The van der Waals surface area contributed by atoms with E-state index in [1.54, 1.807) is 0 Å². The first kappa shape index (κ1) is 14.0. The van der Waals surface area contributed by atoms with Gasteiger partial charge in [0.2, 0.25) is 0 Å². The van der Waals surface area contributed by atoms with Crippen molar-refractivity contribution in [2.24, 2.45) is 5.73 Å². The zero-order chi connectivity index (χ0) is 12.1. The standard InChI is InChI=1S/C8H8BF3O.CH5N/c1-9(13)7-4-2-6(3-5-7)8(10,11)12;1-2/h2-5,13H,1H3;2H2,1H3. The van der Waals surface area contributed by atoms with Gasteiger partial charge < -0.3 is 10.8 Å². The van der Waals surface area contributed by atoms with Crippen LogP contribution < -0.4 is 11.2 Å². The molecule has 0 aliphatic heterocycles. The monoisotopic (exact) mass is 219 g/mol. The van der Waals surface area contributed by atoms with Crippen LogP contribution in [0.1, 0.15) is 5.56 Å². The third kappa shape index (κ3) is 4.35. The van der Waals surface area contributed by atoms with Crippen LogP contribution in [0.25, 0.3) is 0 Å². The van der Waals surface area contributed by atoms with Gasteiger partial charge >= 0.3 is 13.1 Å². The summed E-state index contributed by atoms with van der Waals surface area (Å²) in [6.45, 7) is 0.769. The zero-order valence-electron chi connectivity index (χ0n) is 8.55. The summed E-state index contributed by atoms with van der Waals surface area (Å²) in [6, 6.07) is 4.46. The maximum absolute atomic E-state index is 12.1. The fraction of sp³-hybridized carbons (Fsp3) is 0.333. The predicted octanol–water partition coefficient (Wildman–Crippen LogP) is 1.10. The van der Waals surface area contributed by atoms with Crippen LogP contribution in [0.3, 0.4) is 0 Å². The topological polar surface area (TPSA) is 46.2 Å². The highest BCUT2D eigenvalue weighted by molar-refractivity contribution is 6.64. The summed E-state index contributed by atoms with van der Waals surface area (Å²) >= 11 is 0. The van der Waals surface area contributed by atoms with Crippen LogP contribution in [0, 0.1) is 0 Å². The van der Waals surface area contributed by atoms with Crippen molar-refractivity contribution in [3.8, 4) is 0 Å². The molecule has 1 aromatic carbocycles. The molecule has 0 aliphatic rings. The van der Waals surface area contributed by atoms with Crippen molar-refractivity contribution in [3.63, 3.8) is 0 Å². The average molecular weight is 219 g/mol. The lowest BCUT2D eigenvalue weighted by molar-refractivity contribution is -0.137. The van der Waals surface area contributed by atoms with Crippen LogP contribution in [-0.2, 0) is 6.18 Å². The molecule has 0 aliphatic carbocycles. The van der Waals surface area contributed by atoms with E-state index < -0.39 is 18.7 Å². The molecule has 0 amide bonds. The molecule has 0 atom stereocenters. The lowest BCUT2D eigenvalue weighted by Gasteiger charge is -2.07. The number of rotatable bonds is 1. The van der Waals surface area contributed by atoms with Crippen molar-refractivity contribution in [2.45, 2.75) is 13.0 Å². The maximum Gasteiger partial charge on any atom is 0.416 e. The fourth-order valence-electron chi connectivity index (χ4n) is 0.951. The number of hydrogen-bond acceptors (Lipinski definition) is 2. The van der Waals surface area contributed by atoms with Gasteiger partial charge in [0, 0.05) is 0 Å². The van der Waals surface area contributed by atoms with Crippen molar-refractivity contribution in [1.82, 2.24) is 0 Å². The molecule has 3 N–H and O–H groups in total. The van der Waals surface area contributed by atoms with E-state index in [2.05, 4.69) is 5.73 Å². The number of hydrogen-bond donors (Lipinski definition) is 2. The first-order chi connectivity index (χ1) is 6.91. The van der Waals surface area contributed by atoms with Gasteiger partial charge in [-0.15, -0.1) is 0 Å². The van der Waals surface area contributed by atoms with Crippen LogP contribution in [0.5, 0.6) is 0 Å². The second kappa shape index (κ2) is 5.77. The van der Waals surface area contributed by atoms with Crippen LogP contribution >= 0.6 is 0 Å². The minimum Gasteiger partial charge on any atom is -0.447 e. The molecule has 6 heteroatoms. The molecular formula is C9H13BF3NO. The van der Waals surface area contributed by atoms with Gasteiger partial charge in [0.15, 0.2) is 0 Å². The van der Waals surface area contributed by atoms with Crippen LogP contribution in [0.4, 0.5) is 13.2 Å². The van der Waals surface area contributed by atoms with Gasteiger partial charge in [0.1, 0.15) is 0 Å². The zero-order valence-corrected chi connectivity index (χ0v) is 8.55. The first-order valence-electron chi connectivity index (χ1n) is 4.34. The van der Waals surface area contributed by atoms with Crippen LogP contribution in [0.15, 0.2) is 24.3 Å². The molecule has 0 unspecified atom stereocenters. The van der Waals surface area contributed by atoms with E-state index in [9.17, 15) is 13.2 Å². The summed E-state index contributed by atoms with van der Waals surface area (Å²) in [6.07, 6.45) is -4.31. The molecular weight excluding hydrogens is 206 g/mol. The number of nitrogens with two attached hydrogens (primary N) is 1. The first-order valence-corrected chi connectivity index (χ1v) is 4.34. The molecule has 0 bridgehead atoms. The molecule has 0 saturated carbocycles. The largest absolute Gasteiger partial charge is 0.447 e. The minimum atomic E-state index is -4.31. The van der Waals surface area contributed by atoms with Gasteiger partial charge in [-0.25, -0.2) is 0 Å². The molecule has 1 aromatic rings. The Morgan fingerprint density at radius 1 is 1.13 bits per heavy atom. The molecule has 0 fully saturated rings. The molecule has 84 valence electrons. The molecule has 1 rings (SSSR count). The van der Waals surface area contributed by atoms with Crippen molar-refractivity contribution in [2.75, 3.05) is 7.05 Å². The summed E-state index contributed by atoms with van der Waals surface area (Å²) in [5.41, 5.74) is 4.28. The summed E-state index contributed by atoms with van der Waals surface area (Å²) in [7, 11) is 1.50. The van der Waals surface area contributed by atoms with Crippen molar-refractivity contribution in [3.05, 3.63) is 29.8 Å². The van der Waals surface area contributed by atoms with E-state index in [1.165, 1.54) is 26.0 Å². The predicted molar refractivity (Wildman–Crippen MR) is 55.0 cm³/mol. The highest BCUT2D eigenvalue weighted by Crippen LogP contribution is 2.28. The SMILES string of the molecule is CB(O)c1ccc(C(F)(F)F)cc1.CN. The minimum absolute atomic E-state index is 0.480. The Bertz CT molecular complexity index is 284. The molecule has 0 heterocycles. The Morgan fingerprint density at radius 3 is 1.80 bits per heavy atom. The van der Waals surface area contributed by atoms with E-state index in [-0.39, 0.29) is 0 Å². The second-order valence-electron chi connectivity index (χ2n) is 2.80. The maximum atomic E-state index is 12.1. The van der Waals surface area contributed by atoms with Gasteiger partial charge in [-0.05, 0) is 12.5 Å². The van der Waals surface area contributed by atoms with E-state index in [0.717, 1.165) is 12.1 Å². The highest BCUT2D eigenvalue weighted by Gasteiger charge is 2.30. The van der Waals surface area contributed by atoms with Crippen molar-refractivity contribution >= 4 is 12.4 Å². The number of halogens is 3.